The van der Waals surface area contributed by atoms with E-state index in [0.29, 0.717) is 51.7 Å². The van der Waals surface area contributed by atoms with Gasteiger partial charge >= 0.3 is 5.97 Å². The number of nitrogens with zero attached hydrogens (tertiary/aromatic N) is 2. The molecule has 4 rings (SSSR count). The molecule has 2 bridgehead atoms. The van der Waals surface area contributed by atoms with E-state index in [1.165, 1.54) is 0 Å². The van der Waals surface area contributed by atoms with Crippen molar-refractivity contribution < 1.29 is 48.9 Å². The fourth-order valence-corrected chi connectivity index (χ4v) is 6.85. The first kappa shape index (κ1) is 48.8. The number of carbonyl (C=O) groups excluding carboxylic acids is 4. The van der Waals surface area contributed by atoms with E-state index in [-0.39, 0.29) is 36.9 Å². The number of amides is 4. The van der Waals surface area contributed by atoms with Crippen LogP contribution in [0.2, 0.25) is 0 Å². The van der Waals surface area contributed by atoms with Crippen LogP contribution in [-0.2, 0) is 46.4 Å². The highest BCUT2D eigenvalue weighted by atomic mass is 16.4. The van der Waals surface area contributed by atoms with Gasteiger partial charge in [0.25, 0.3) is 11.9 Å². The van der Waals surface area contributed by atoms with Crippen molar-refractivity contribution in [2.75, 3.05) is 26.2 Å². The van der Waals surface area contributed by atoms with Crippen LogP contribution in [0.5, 0.6) is 0 Å². The average Bonchev–Trinajstić information content (AvgIpc) is 3.13. The molecule has 2 aromatic carbocycles. The molecular formula is C41H61N7O10. The molecule has 2 aromatic rings. The van der Waals surface area contributed by atoms with Gasteiger partial charge in [-0.05, 0) is 62.1 Å². The average molecular weight is 812 g/mol. The van der Waals surface area contributed by atoms with Gasteiger partial charge in [0.2, 0.25) is 23.6 Å². The van der Waals surface area contributed by atoms with Crippen molar-refractivity contribution in [3.05, 3.63) is 71.8 Å². The van der Waals surface area contributed by atoms with E-state index in [0.717, 1.165) is 31.4 Å². The van der Waals surface area contributed by atoms with Gasteiger partial charge in [-0.2, -0.15) is 0 Å². The first-order valence-corrected chi connectivity index (χ1v) is 19.5. The molecule has 2 fully saturated rings. The molecule has 17 heteroatoms. The predicted molar refractivity (Wildman–Crippen MR) is 216 cm³/mol. The lowest BCUT2D eigenvalue weighted by Crippen LogP contribution is -2.72. The van der Waals surface area contributed by atoms with Crippen LogP contribution in [0.15, 0.2) is 60.7 Å². The monoisotopic (exact) mass is 811 g/mol. The van der Waals surface area contributed by atoms with E-state index in [1.54, 1.807) is 4.90 Å². The van der Waals surface area contributed by atoms with Gasteiger partial charge in [-0.15, -0.1) is 0 Å². The number of nitrogens with two attached hydrogens (primary N) is 2. The summed E-state index contributed by atoms with van der Waals surface area (Å²) in [5.74, 6) is -4.26. The zero-order chi connectivity index (χ0) is 43.4. The van der Waals surface area contributed by atoms with Gasteiger partial charge in [0.1, 0.15) is 18.1 Å². The SMILES string of the molecule is CC(=O)O.CC(=O)O.CC(C)C[C@@H](NC(=O)[C@@H](Cc1ccccc1)NC(=O)[C@H](N)Cc1ccccc1)C(=O)N[C@H](CCCCN)C(=O)N1[C@@H]2C[C@H]1CN(CC(=O)O)C2. The van der Waals surface area contributed by atoms with Crippen molar-refractivity contribution >= 4 is 41.5 Å². The highest BCUT2D eigenvalue weighted by Crippen LogP contribution is 2.33. The minimum Gasteiger partial charge on any atom is -0.481 e. The van der Waals surface area contributed by atoms with Crippen LogP contribution in [0.3, 0.4) is 0 Å². The third kappa shape index (κ3) is 17.8. The number of aliphatic carboxylic acids is 3. The molecule has 17 nitrogen and oxygen atoms in total. The minimum atomic E-state index is -1.01. The van der Waals surface area contributed by atoms with Gasteiger partial charge in [-0.1, -0.05) is 74.5 Å². The van der Waals surface area contributed by atoms with Crippen LogP contribution in [0.1, 0.15) is 70.9 Å². The summed E-state index contributed by atoms with van der Waals surface area (Å²) in [4.78, 5) is 87.9. The summed E-state index contributed by atoms with van der Waals surface area (Å²) in [6, 6.07) is 14.7. The highest BCUT2D eigenvalue weighted by molar-refractivity contribution is 5.95. The summed E-state index contributed by atoms with van der Waals surface area (Å²) in [6.45, 7) is 7.34. The molecule has 0 saturated carbocycles. The fourth-order valence-electron chi connectivity index (χ4n) is 6.85. The zero-order valence-corrected chi connectivity index (χ0v) is 33.8. The standard InChI is InChI=1S/C37H53N7O6.2C2H4O2/c1-24(2)17-31(35(48)40-30(15-9-10-16-38)37(50)44-27-20-28(44)22-43(21-27)23-33(45)46)42-36(49)32(19-26-13-7-4-8-14-26)41-34(47)29(39)18-25-11-5-3-6-12-25;2*1-2(3)4/h3-8,11-14,24,27-32H,9-10,15-23,38-39H2,1-2H3,(H,40,48)(H,41,47)(H,42,49)(H,45,46);2*1H3,(H,3,4)/t27-,28+,29-,30-,31-,32-;;/m1../s1. The Balaban J connectivity index is 0.00000132. The summed E-state index contributed by atoms with van der Waals surface area (Å²) in [7, 11) is 0. The van der Waals surface area contributed by atoms with E-state index in [1.807, 2.05) is 79.4 Å². The lowest BCUT2D eigenvalue weighted by Gasteiger charge is -2.56. The van der Waals surface area contributed by atoms with Gasteiger partial charge < -0.3 is 47.6 Å². The molecule has 0 unspecified atom stereocenters. The van der Waals surface area contributed by atoms with Crippen molar-refractivity contribution in [1.29, 1.82) is 0 Å². The van der Waals surface area contributed by atoms with Crippen molar-refractivity contribution in [2.45, 2.75) is 109 Å². The van der Waals surface area contributed by atoms with Crippen molar-refractivity contribution in [3.8, 4) is 0 Å². The van der Waals surface area contributed by atoms with E-state index in [9.17, 15) is 29.1 Å². The second kappa shape index (κ2) is 25.1. The lowest BCUT2D eigenvalue weighted by atomic mass is 9.86. The topological polar surface area (TPSA) is 275 Å². The smallest absolute Gasteiger partial charge is 0.317 e. The van der Waals surface area contributed by atoms with E-state index in [2.05, 4.69) is 16.0 Å². The Morgan fingerprint density at radius 3 is 1.66 bits per heavy atom. The Morgan fingerprint density at radius 2 is 1.17 bits per heavy atom. The summed E-state index contributed by atoms with van der Waals surface area (Å²) in [5, 5.41) is 32.7. The first-order valence-electron chi connectivity index (χ1n) is 19.5. The molecule has 0 aromatic heterocycles. The minimum absolute atomic E-state index is 0.0221. The Labute approximate surface area is 339 Å². The number of piperazine rings is 1. The van der Waals surface area contributed by atoms with Crippen LogP contribution < -0.4 is 27.4 Å². The molecule has 0 radical (unpaired) electrons. The fraction of sp³-hybridized carbons (Fsp3) is 0.537. The van der Waals surface area contributed by atoms with Crippen molar-refractivity contribution in [3.63, 3.8) is 0 Å². The molecule has 2 aliphatic heterocycles. The first-order chi connectivity index (χ1) is 27.4. The normalized spacial score (nSPS) is 17.6. The number of piperidine rings is 1. The predicted octanol–water partition coefficient (Wildman–Crippen LogP) is 0.980. The number of hydrogen-bond donors (Lipinski definition) is 8. The largest absolute Gasteiger partial charge is 0.481 e. The number of carboxylic acid groups (broad SMARTS) is 3. The highest BCUT2D eigenvalue weighted by Gasteiger charge is 2.49. The molecule has 0 spiro atoms. The molecule has 320 valence electrons. The van der Waals surface area contributed by atoms with Crippen LogP contribution in [0.25, 0.3) is 0 Å². The second-order valence-corrected chi connectivity index (χ2v) is 15.0. The van der Waals surface area contributed by atoms with Crippen molar-refractivity contribution in [2.24, 2.45) is 17.4 Å². The molecule has 58 heavy (non-hydrogen) atoms. The number of carboxylic acids is 3. The third-order valence-electron chi connectivity index (χ3n) is 9.33. The molecule has 6 atom stereocenters. The quantitative estimate of drug-likeness (QED) is 0.0921. The zero-order valence-electron chi connectivity index (χ0n) is 33.8. The Bertz CT molecular complexity index is 1610. The molecule has 2 aliphatic rings. The summed E-state index contributed by atoms with van der Waals surface area (Å²) < 4.78 is 0. The molecule has 2 heterocycles. The van der Waals surface area contributed by atoms with Gasteiger partial charge in [-0.25, -0.2) is 0 Å². The van der Waals surface area contributed by atoms with E-state index >= 15 is 0 Å². The number of benzene rings is 2. The third-order valence-corrected chi connectivity index (χ3v) is 9.33. The lowest BCUT2D eigenvalue weighted by molar-refractivity contribution is -0.159. The number of fused-ring (bicyclic) bond motifs is 2. The van der Waals surface area contributed by atoms with Crippen LogP contribution in [-0.4, -0.2) is 129 Å². The van der Waals surface area contributed by atoms with Crippen LogP contribution in [0.4, 0.5) is 0 Å². The number of nitrogens with one attached hydrogen (secondary N) is 3. The molecule has 0 aliphatic carbocycles. The summed E-state index contributed by atoms with van der Waals surface area (Å²) >= 11 is 0. The number of carbonyl (C=O) groups is 7. The van der Waals surface area contributed by atoms with Gasteiger partial charge in [-0.3, -0.25) is 38.5 Å². The molecule has 10 N–H and O–H groups in total. The Hall–Kier alpha value is -5.39. The number of unbranched alkanes of at least 4 members (excludes halogenated alkanes) is 1. The van der Waals surface area contributed by atoms with E-state index in [4.69, 9.17) is 31.3 Å². The number of hydrogen-bond acceptors (Lipinski definition) is 10. The molecule has 4 amide bonds. The number of likely N-dealkylation sites (tertiary alicyclic amines) is 2. The van der Waals surface area contributed by atoms with Gasteiger partial charge in [0, 0.05) is 45.4 Å². The Morgan fingerprint density at radius 1 is 0.707 bits per heavy atom. The Kier molecular flexibility index (Phi) is 21.1. The van der Waals surface area contributed by atoms with E-state index < -0.39 is 59.8 Å². The second-order valence-electron chi connectivity index (χ2n) is 15.0. The molecule has 2 saturated heterocycles. The maximum Gasteiger partial charge on any atom is 0.317 e. The van der Waals surface area contributed by atoms with Gasteiger partial charge in [0.15, 0.2) is 0 Å². The molecular weight excluding hydrogens is 750 g/mol. The van der Waals surface area contributed by atoms with Crippen LogP contribution in [0, 0.1) is 5.92 Å². The maximum absolute atomic E-state index is 13.9. The maximum atomic E-state index is 13.9. The van der Waals surface area contributed by atoms with Gasteiger partial charge in [0.05, 0.1) is 12.6 Å². The number of rotatable bonds is 19. The van der Waals surface area contributed by atoms with Crippen LogP contribution >= 0.6 is 0 Å². The summed E-state index contributed by atoms with van der Waals surface area (Å²) in [6.07, 6.45) is 3.26. The summed E-state index contributed by atoms with van der Waals surface area (Å²) in [5.41, 5.74) is 13.7. The van der Waals surface area contributed by atoms with Crippen molar-refractivity contribution in [1.82, 2.24) is 25.8 Å².